The van der Waals surface area contributed by atoms with Gasteiger partial charge in [0.2, 0.25) is 0 Å². The highest BCUT2D eigenvalue weighted by Gasteiger charge is 2.47. The summed E-state index contributed by atoms with van der Waals surface area (Å²) in [6, 6.07) is 30.0. The predicted octanol–water partition coefficient (Wildman–Crippen LogP) is 8.00. The van der Waals surface area contributed by atoms with Gasteiger partial charge in [0.05, 0.1) is 10.6 Å². The zero-order chi connectivity index (χ0) is 26.7. The third-order valence-corrected chi connectivity index (χ3v) is 11.0. The highest BCUT2D eigenvalue weighted by Crippen LogP contribution is 2.60. The molecule has 0 N–H and O–H groups in total. The van der Waals surface area contributed by atoms with Crippen molar-refractivity contribution in [1.82, 2.24) is 4.98 Å². The second-order valence-electron chi connectivity index (χ2n) is 10.2. The molecule has 1 unspecified atom stereocenters. The van der Waals surface area contributed by atoms with Crippen LogP contribution in [0.1, 0.15) is 18.4 Å². The van der Waals surface area contributed by atoms with Crippen molar-refractivity contribution in [2.75, 3.05) is 0 Å². The minimum Gasteiger partial charge on any atom is -0.456 e. The van der Waals surface area contributed by atoms with E-state index >= 15 is 4.57 Å². The first-order valence-corrected chi connectivity index (χ1v) is 15.2. The van der Waals surface area contributed by atoms with Crippen molar-refractivity contribution in [2.45, 2.75) is 12.8 Å². The van der Waals surface area contributed by atoms with Gasteiger partial charge in [-0.2, -0.15) is 0 Å². The van der Waals surface area contributed by atoms with E-state index in [1.807, 2.05) is 72.8 Å². The zero-order valence-corrected chi connectivity index (χ0v) is 22.5. The summed E-state index contributed by atoms with van der Waals surface area (Å²) in [5.41, 5.74) is 6.04. The van der Waals surface area contributed by atoms with E-state index in [4.69, 9.17) is 9.47 Å². The zero-order valence-electron chi connectivity index (χ0n) is 21.6. The van der Waals surface area contributed by atoms with Crippen LogP contribution in [0.4, 0.5) is 0 Å². The lowest BCUT2D eigenvalue weighted by molar-refractivity contribution is 0.463. The summed E-state index contributed by atoms with van der Waals surface area (Å²) < 4.78 is 28.8. The Morgan fingerprint density at radius 2 is 1.45 bits per heavy atom. The maximum absolute atomic E-state index is 15.7. The summed E-state index contributed by atoms with van der Waals surface area (Å²) in [7, 11) is -3.34. The molecule has 40 heavy (non-hydrogen) atoms. The SMILES string of the molecule is O=P12c3ccc(C4=CCCC=C4)cc3Oc3ccc(-c4cccnc4)c(c31)Oc1cc(-c3ccccc3)ccc12. The van der Waals surface area contributed by atoms with Crippen LogP contribution < -0.4 is 25.4 Å². The van der Waals surface area contributed by atoms with Gasteiger partial charge in [0.15, 0.2) is 7.14 Å². The maximum atomic E-state index is 15.7. The number of rotatable bonds is 3. The van der Waals surface area contributed by atoms with Crippen LogP contribution in [0.3, 0.4) is 0 Å². The predicted molar refractivity (Wildman–Crippen MR) is 161 cm³/mol. The van der Waals surface area contributed by atoms with E-state index in [1.165, 1.54) is 0 Å². The van der Waals surface area contributed by atoms with Gasteiger partial charge < -0.3 is 14.0 Å². The molecule has 0 amide bonds. The lowest BCUT2D eigenvalue weighted by Crippen LogP contribution is -2.35. The molecule has 3 heterocycles. The first-order chi connectivity index (χ1) is 19.7. The van der Waals surface area contributed by atoms with Crippen molar-refractivity contribution in [3.8, 4) is 45.3 Å². The Hall–Kier alpha value is -4.66. The Bertz CT molecular complexity index is 1930. The molecule has 0 saturated heterocycles. The molecular formula is C35H24NO3P. The molecule has 4 aromatic carbocycles. The number of hydrogen-bond acceptors (Lipinski definition) is 4. The van der Waals surface area contributed by atoms with E-state index in [1.54, 1.807) is 12.4 Å². The second kappa shape index (κ2) is 8.94. The fraction of sp³-hybridized carbons (Fsp3) is 0.0571. The lowest BCUT2D eigenvalue weighted by Gasteiger charge is -2.35. The van der Waals surface area contributed by atoms with Crippen LogP contribution >= 0.6 is 7.14 Å². The molecule has 0 saturated carbocycles. The van der Waals surface area contributed by atoms with Crippen LogP contribution in [-0.2, 0) is 4.57 Å². The summed E-state index contributed by atoms with van der Waals surface area (Å²) in [6.45, 7) is 0. The molecule has 0 fully saturated rings. The molecule has 0 bridgehead atoms. The van der Waals surface area contributed by atoms with Crippen molar-refractivity contribution >= 4 is 28.6 Å². The molecule has 0 spiro atoms. The highest BCUT2D eigenvalue weighted by molar-refractivity contribution is 7.86. The highest BCUT2D eigenvalue weighted by atomic mass is 31.2. The van der Waals surface area contributed by atoms with Gasteiger partial charge in [-0.1, -0.05) is 66.8 Å². The Balaban J connectivity index is 1.38. The summed E-state index contributed by atoms with van der Waals surface area (Å²) in [6.07, 6.45) is 12.2. The topological polar surface area (TPSA) is 48.4 Å². The molecular weight excluding hydrogens is 513 g/mol. The van der Waals surface area contributed by atoms with Crippen molar-refractivity contribution in [1.29, 1.82) is 0 Å². The van der Waals surface area contributed by atoms with Crippen molar-refractivity contribution in [3.05, 3.63) is 127 Å². The van der Waals surface area contributed by atoms with E-state index < -0.39 is 7.14 Å². The number of ether oxygens (including phenoxy) is 2. The molecule has 8 rings (SSSR count). The van der Waals surface area contributed by atoms with Crippen LogP contribution in [0.5, 0.6) is 23.0 Å². The number of allylic oxidation sites excluding steroid dienone is 4. The molecule has 0 radical (unpaired) electrons. The Morgan fingerprint density at radius 3 is 2.23 bits per heavy atom. The summed E-state index contributed by atoms with van der Waals surface area (Å²) >= 11 is 0. The molecule has 4 nitrogen and oxygen atoms in total. The fourth-order valence-corrected chi connectivity index (χ4v) is 8.95. The Kier molecular flexibility index (Phi) is 5.20. The molecule has 3 aliphatic rings. The Labute approximate surface area is 232 Å². The van der Waals surface area contributed by atoms with Gasteiger partial charge in [-0.15, -0.1) is 0 Å². The number of aromatic nitrogens is 1. The van der Waals surface area contributed by atoms with Crippen molar-refractivity contribution in [2.24, 2.45) is 0 Å². The summed E-state index contributed by atoms with van der Waals surface area (Å²) in [4.78, 5) is 4.32. The monoisotopic (exact) mass is 537 g/mol. The number of pyridine rings is 1. The van der Waals surface area contributed by atoms with E-state index in [2.05, 4.69) is 41.4 Å². The number of hydrogen-bond donors (Lipinski definition) is 0. The number of nitrogens with zero attached hydrogens (tertiary/aromatic N) is 1. The van der Waals surface area contributed by atoms with Gasteiger partial charge in [0.25, 0.3) is 0 Å². The molecule has 2 aliphatic heterocycles. The fourth-order valence-electron chi connectivity index (χ4n) is 5.91. The largest absolute Gasteiger partial charge is 0.456 e. The molecule has 192 valence electrons. The van der Waals surface area contributed by atoms with Crippen LogP contribution in [0.25, 0.3) is 27.8 Å². The van der Waals surface area contributed by atoms with Crippen molar-refractivity contribution < 1.29 is 14.0 Å². The first kappa shape index (κ1) is 23.2. The van der Waals surface area contributed by atoms with Crippen LogP contribution in [0, 0.1) is 0 Å². The molecule has 5 aromatic rings. The van der Waals surface area contributed by atoms with Crippen LogP contribution in [0.2, 0.25) is 0 Å². The van der Waals surface area contributed by atoms with Gasteiger partial charge in [0, 0.05) is 23.5 Å². The van der Waals surface area contributed by atoms with E-state index in [9.17, 15) is 0 Å². The summed E-state index contributed by atoms with van der Waals surface area (Å²) in [5.74, 6) is 2.38. The first-order valence-electron chi connectivity index (χ1n) is 13.5. The number of fused-ring (bicyclic) bond motifs is 4. The van der Waals surface area contributed by atoms with Crippen LogP contribution in [0.15, 0.2) is 122 Å². The summed E-state index contributed by atoms with van der Waals surface area (Å²) in [5, 5.41) is 2.01. The molecule has 1 atom stereocenters. The standard InChI is InChI=1S/C35H24NO3P/c37-40-32-17-13-25(23-8-3-1-4-9-23)20-30(32)38-29-16-15-28(27-12-7-19-36-22-27)34(35(29)40)39-31-21-26(14-18-33(31)40)24-10-5-2-6-11-24/h2-3,5-22H,1,4H2. The minimum atomic E-state index is -3.34. The Morgan fingerprint density at radius 1 is 0.675 bits per heavy atom. The van der Waals surface area contributed by atoms with Crippen molar-refractivity contribution in [3.63, 3.8) is 0 Å². The van der Waals surface area contributed by atoms with Gasteiger partial charge >= 0.3 is 0 Å². The van der Waals surface area contributed by atoms with Gasteiger partial charge in [0.1, 0.15) is 28.3 Å². The van der Waals surface area contributed by atoms with E-state index in [0.717, 1.165) is 46.2 Å². The van der Waals surface area contributed by atoms with E-state index in [-0.39, 0.29) is 0 Å². The average molecular weight is 538 g/mol. The third-order valence-electron chi connectivity index (χ3n) is 7.85. The van der Waals surface area contributed by atoms with E-state index in [0.29, 0.717) is 38.9 Å². The van der Waals surface area contributed by atoms with Gasteiger partial charge in [-0.3, -0.25) is 4.98 Å². The van der Waals surface area contributed by atoms with Crippen LogP contribution in [-0.4, -0.2) is 4.98 Å². The smallest absolute Gasteiger partial charge is 0.185 e. The van der Waals surface area contributed by atoms with Gasteiger partial charge in [-0.05, 0) is 77.6 Å². The number of benzene rings is 4. The third kappa shape index (κ3) is 3.46. The second-order valence-corrected chi connectivity index (χ2v) is 12.8. The maximum Gasteiger partial charge on any atom is 0.185 e. The average Bonchev–Trinajstić information content (AvgIpc) is 3.02. The lowest BCUT2D eigenvalue weighted by atomic mass is 9.99. The molecule has 5 heteroatoms. The van der Waals surface area contributed by atoms with Gasteiger partial charge in [-0.25, -0.2) is 0 Å². The quantitative estimate of drug-likeness (QED) is 0.214. The minimum absolute atomic E-state index is 0.569. The normalized spacial score (nSPS) is 17.9. The molecule has 1 aromatic heterocycles. The molecule has 1 aliphatic carbocycles.